The van der Waals surface area contributed by atoms with Gasteiger partial charge in [-0.2, -0.15) is 0 Å². The van der Waals surface area contributed by atoms with Crippen LogP contribution in [0, 0.1) is 5.92 Å². The van der Waals surface area contributed by atoms with Crippen molar-refractivity contribution in [2.24, 2.45) is 5.92 Å². The van der Waals surface area contributed by atoms with Crippen molar-refractivity contribution in [3.05, 3.63) is 0 Å². The minimum absolute atomic E-state index is 0.0672. The number of rotatable bonds is 7. The average Bonchev–Trinajstić information content (AvgIpc) is 2.37. The molecule has 1 aliphatic heterocycles. The van der Waals surface area contributed by atoms with Gasteiger partial charge in [-0.3, -0.25) is 9.59 Å². The molecular weight excluding hydrogens is 244 g/mol. The molecule has 0 bridgehead atoms. The average molecular weight is 270 g/mol. The molecule has 1 saturated heterocycles. The van der Waals surface area contributed by atoms with E-state index in [0.29, 0.717) is 38.3 Å². The fraction of sp³-hybridized carbons (Fsp3) is 0.857. The summed E-state index contributed by atoms with van der Waals surface area (Å²) in [5, 5.41) is 11.6. The second kappa shape index (κ2) is 8.15. The maximum atomic E-state index is 12.2. The summed E-state index contributed by atoms with van der Waals surface area (Å²) in [6, 6.07) is -0.355. The first-order valence-electron chi connectivity index (χ1n) is 7.24. The molecule has 0 saturated carbocycles. The summed E-state index contributed by atoms with van der Waals surface area (Å²) < 4.78 is 0. The van der Waals surface area contributed by atoms with Gasteiger partial charge in [0.05, 0.1) is 0 Å². The van der Waals surface area contributed by atoms with Crippen molar-refractivity contribution in [3.63, 3.8) is 0 Å². The molecule has 0 aromatic heterocycles. The molecule has 0 radical (unpaired) electrons. The lowest BCUT2D eigenvalue weighted by Gasteiger charge is -2.34. The Kier molecular flexibility index (Phi) is 6.84. The molecule has 1 unspecified atom stereocenters. The smallest absolute Gasteiger partial charge is 0.242 e. The summed E-state index contributed by atoms with van der Waals surface area (Å²) in [4.78, 5) is 25.9. The Morgan fingerprint density at radius 3 is 2.74 bits per heavy atom. The lowest BCUT2D eigenvalue weighted by atomic mass is 9.98. The predicted octanol–water partition coefficient (Wildman–Crippen LogP) is 0.912. The van der Waals surface area contributed by atoms with E-state index in [4.69, 9.17) is 5.11 Å². The standard InChI is InChI=1S/C14H26N2O3/c1-11(2)10-12(14(19)15-7-5-9-17)16-8-4-3-6-13(16)18/h11-12,17H,3-10H2,1-2H3,(H,15,19). The van der Waals surface area contributed by atoms with Crippen LogP contribution in [-0.4, -0.2) is 47.6 Å². The highest BCUT2D eigenvalue weighted by atomic mass is 16.3. The quantitative estimate of drug-likeness (QED) is 0.676. The van der Waals surface area contributed by atoms with E-state index in [0.717, 1.165) is 12.8 Å². The SMILES string of the molecule is CC(C)CC(C(=O)NCCCO)N1CCCCC1=O. The van der Waals surface area contributed by atoms with Crippen LogP contribution in [-0.2, 0) is 9.59 Å². The first-order valence-corrected chi connectivity index (χ1v) is 7.24. The van der Waals surface area contributed by atoms with Crippen LogP contribution in [0.15, 0.2) is 0 Å². The summed E-state index contributed by atoms with van der Waals surface area (Å²) in [5.74, 6) is 0.370. The Morgan fingerprint density at radius 1 is 1.42 bits per heavy atom. The molecule has 1 rings (SSSR count). The van der Waals surface area contributed by atoms with E-state index in [-0.39, 0.29) is 24.5 Å². The zero-order chi connectivity index (χ0) is 14.3. The second-order valence-electron chi connectivity index (χ2n) is 5.56. The Hall–Kier alpha value is -1.10. The van der Waals surface area contributed by atoms with Crippen molar-refractivity contribution in [1.29, 1.82) is 0 Å². The van der Waals surface area contributed by atoms with E-state index < -0.39 is 0 Å². The molecule has 5 heteroatoms. The molecule has 0 aromatic rings. The van der Waals surface area contributed by atoms with Crippen molar-refractivity contribution < 1.29 is 14.7 Å². The Labute approximate surface area is 115 Å². The number of piperidine rings is 1. The molecule has 2 amide bonds. The van der Waals surface area contributed by atoms with Gasteiger partial charge in [0.25, 0.3) is 0 Å². The molecule has 5 nitrogen and oxygen atoms in total. The second-order valence-corrected chi connectivity index (χ2v) is 5.56. The highest BCUT2D eigenvalue weighted by molar-refractivity contribution is 5.88. The minimum atomic E-state index is -0.355. The lowest BCUT2D eigenvalue weighted by Crippen LogP contribution is -2.52. The molecular formula is C14H26N2O3. The van der Waals surface area contributed by atoms with Crippen LogP contribution in [0.2, 0.25) is 0 Å². The van der Waals surface area contributed by atoms with E-state index in [1.165, 1.54) is 0 Å². The summed E-state index contributed by atoms with van der Waals surface area (Å²) in [5.41, 5.74) is 0. The molecule has 110 valence electrons. The van der Waals surface area contributed by atoms with Gasteiger partial charge in [0.2, 0.25) is 11.8 Å². The van der Waals surface area contributed by atoms with E-state index in [1.54, 1.807) is 4.90 Å². The van der Waals surface area contributed by atoms with Crippen LogP contribution >= 0.6 is 0 Å². The molecule has 0 spiro atoms. The normalized spacial score (nSPS) is 17.7. The molecule has 2 N–H and O–H groups in total. The third kappa shape index (κ3) is 5.19. The van der Waals surface area contributed by atoms with Crippen LogP contribution in [0.3, 0.4) is 0 Å². The van der Waals surface area contributed by atoms with Crippen LogP contribution < -0.4 is 5.32 Å². The summed E-state index contributed by atoms with van der Waals surface area (Å²) in [7, 11) is 0. The van der Waals surface area contributed by atoms with Crippen LogP contribution in [0.1, 0.15) is 46.0 Å². The highest BCUT2D eigenvalue weighted by Crippen LogP contribution is 2.19. The monoisotopic (exact) mass is 270 g/mol. The van der Waals surface area contributed by atoms with Crippen molar-refractivity contribution in [3.8, 4) is 0 Å². The summed E-state index contributed by atoms with van der Waals surface area (Å²) in [6.07, 6.45) is 3.70. The first kappa shape index (κ1) is 16.0. The fourth-order valence-corrected chi connectivity index (χ4v) is 2.39. The molecule has 1 heterocycles. The molecule has 0 aliphatic carbocycles. The van der Waals surface area contributed by atoms with Gasteiger partial charge in [0.1, 0.15) is 6.04 Å². The van der Waals surface area contributed by atoms with Gasteiger partial charge in [-0.1, -0.05) is 13.8 Å². The van der Waals surface area contributed by atoms with E-state index in [9.17, 15) is 9.59 Å². The van der Waals surface area contributed by atoms with Gasteiger partial charge >= 0.3 is 0 Å². The number of aliphatic hydroxyl groups excluding tert-OH is 1. The molecule has 1 atom stereocenters. The third-order valence-electron chi connectivity index (χ3n) is 3.37. The Balaban J connectivity index is 2.64. The van der Waals surface area contributed by atoms with E-state index >= 15 is 0 Å². The van der Waals surface area contributed by atoms with Crippen LogP contribution in [0.5, 0.6) is 0 Å². The van der Waals surface area contributed by atoms with Crippen molar-refractivity contribution in [2.75, 3.05) is 19.7 Å². The van der Waals surface area contributed by atoms with Gasteiger partial charge < -0.3 is 15.3 Å². The van der Waals surface area contributed by atoms with Crippen molar-refractivity contribution in [2.45, 2.75) is 52.0 Å². The van der Waals surface area contributed by atoms with E-state index in [1.807, 2.05) is 0 Å². The zero-order valence-corrected chi connectivity index (χ0v) is 12.0. The fourth-order valence-electron chi connectivity index (χ4n) is 2.39. The number of hydrogen-bond acceptors (Lipinski definition) is 3. The van der Waals surface area contributed by atoms with Gasteiger partial charge in [-0.15, -0.1) is 0 Å². The largest absolute Gasteiger partial charge is 0.396 e. The molecule has 0 aromatic carbocycles. The maximum absolute atomic E-state index is 12.2. The highest BCUT2D eigenvalue weighted by Gasteiger charge is 2.31. The molecule has 1 fully saturated rings. The number of likely N-dealkylation sites (tertiary alicyclic amines) is 1. The number of nitrogens with zero attached hydrogens (tertiary/aromatic N) is 1. The number of aliphatic hydroxyl groups is 1. The number of carbonyl (C=O) groups is 2. The lowest BCUT2D eigenvalue weighted by molar-refractivity contribution is -0.143. The molecule has 19 heavy (non-hydrogen) atoms. The van der Waals surface area contributed by atoms with Gasteiger partial charge in [-0.05, 0) is 31.6 Å². The Bertz CT molecular complexity index is 305. The van der Waals surface area contributed by atoms with E-state index in [2.05, 4.69) is 19.2 Å². The van der Waals surface area contributed by atoms with Gasteiger partial charge in [-0.25, -0.2) is 0 Å². The number of hydrogen-bond donors (Lipinski definition) is 2. The van der Waals surface area contributed by atoms with Crippen molar-refractivity contribution in [1.82, 2.24) is 10.2 Å². The minimum Gasteiger partial charge on any atom is -0.396 e. The van der Waals surface area contributed by atoms with Crippen molar-refractivity contribution >= 4 is 11.8 Å². The van der Waals surface area contributed by atoms with Gasteiger partial charge in [0.15, 0.2) is 0 Å². The first-order chi connectivity index (χ1) is 9.06. The Morgan fingerprint density at radius 2 is 2.16 bits per heavy atom. The predicted molar refractivity (Wildman–Crippen MR) is 73.5 cm³/mol. The third-order valence-corrected chi connectivity index (χ3v) is 3.37. The number of carbonyl (C=O) groups excluding carboxylic acids is 2. The molecule has 1 aliphatic rings. The summed E-state index contributed by atoms with van der Waals surface area (Å²) in [6.45, 7) is 5.33. The van der Waals surface area contributed by atoms with Gasteiger partial charge in [0, 0.05) is 26.1 Å². The number of nitrogens with one attached hydrogen (secondary N) is 1. The van der Waals surface area contributed by atoms with Crippen LogP contribution in [0.25, 0.3) is 0 Å². The summed E-state index contributed by atoms with van der Waals surface area (Å²) >= 11 is 0. The van der Waals surface area contributed by atoms with Crippen LogP contribution in [0.4, 0.5) is 0 Å². The maximum Gasteiger partial charge on any atom is 0.242 e. The topological polar surface area (TPSA) is 69.6 Å². The zero-order valence-electron chi connectivity index (χ0n) is 12.0. The number of amides is 2.